The van der Waals surface area contributed by atoms with Gasteiger partial charge in [-0.05, 0) is 42.2 Å². The maximum atomic E-state index is 13.4. The van der Waals surface area contributed by atoms with Gasteiger partial charge in [0.05, 0.1) is 5.57 Å². The molecule has 172 valence electrons. The minimum absolute atomic E-state index is 0.0534. The molecule has 0 radical (unpaired) electrons. The van der Waals surface area contributed by atoms with E-state index >= 15 is 0 Å². The summed E-state index contributed by atoms with van der Waals surface area (Å²) in [6.07, 6.45) is 1.17. The van der Waals surface area contributed by atoms with Crippen LogP contribution in [-0.2, 0) is 14.3 Å². The highest BCUT2D eigenvalue weighted by Gasteiger charge is 2.44. The Labute approximate surface area is 201 Å². The van der Waals surface area contributed by atoms with Crippen molar-refractivity contribution in [3.05, 3.63) is 44.7 Å². The van der Waals surface area contributed by atoms with Crippen molar-refractivity contribution in [2.45, 2.75) is 46.5 Å². The predicted molar refractivity (Wildman–Crippen MR) is 128 cm³/mol. The lowest BCUT2D eigenvalue weighted by Gasteiger charge is -2.39. The molecule has 1 aromatic carbocycles. The first-order chi connectivity index (χ1) is 15.2. The van der Waals surface area contributed by atoms with E-state index in [0.717, 1.165) is 39.4 Å². The number of Topliss-reactive ketones (excluding diaryl/α,β-unsaturated/α-hetero) is 1. The lowest BCUT2D eigenvalue weighted by atomic mass is 9.68. The van der Waals surface area contributed by atoms with E-state index in [0.29, 0.717) is 35.7 Å². The molecule has 2 aliphatic heterocycles. The number of benzene rings is 1. The zero-order chi connectivity index (χ0) is 23.0. The molecule has 3 aliphatic rings. The van der Waals surface area contributed by atoms with Crippen LogP contribution in [0.2, 0.25) is 0 Å². The van der Waals surface area contributed by atoms with Gasteiger partial charge in [0.25, 0.3) is 0 Å². The zero-order valence-electron chi connectivity index (χ0n) is 18.8. The fraction of sp³-hybridized carbons (Fsp3) is 0.500. The molecule has 0 aromatic heterocycles. The monoisotopic (exact) mass is 521 g/mol. The van der Waals surface area contributed by atoms with E-state index in [2.05, 4.69) is 42.0 Å². The molecule has 0 bridgehead atoms. The number of ether oxygens (including phenoxy) is 3. The topological polar surface area (TPSA) is 73.9 Å². The summed E-state index contributed by atoms with van der Waals surface area (Å²) in [5, 5.41) is 3.37. The number of hydrogen-bond acceptors (Lipinski definition) is 7. The van der Waals surface area contributed by atoms with Crippen molar-refractivity contribution in [3.63, 3.8) is 0 Å². The van der Waals surface area contributed by atoms with Crippen LogP contribution in [0.4, 0.5) is 0 Å². The summed E-state index contributed by atoms with van der Waals surface area (Å²) in [5.41, 5.74) is 3.37. The number of carbonyl (C=O) groups is 2. The van der Waals surface area contributed by atoms with Crippen LogP contribution in [0.1, 0.15) is 52.0 Å². The summed E-state index contributed by atoms with van der Waals surface area (Å²) in [6.45, 7) is 8.61. The highest BCUT2D eigenvalue weighted by Crippen LogP contribution is 2.50. The Morgan fingerprint density at radius 1 is 1.28 bits per heavy atom. The van der Waals surface area contributed by atoms with Gasteiger partial charge in [-0.2, -0.15) is 11.8 Å². The SMILES string of the molecule is CCSCCOC(=O)C1=C(C)NC2=C(C(=O)CC(C)(C)C2)[C@@H]1c1cc2c(cc1Br)OCO2. The Hall–Kier alpha value is -1.93. The molecule has 1 N–H and O–H groups in total. The third kappa shape index (κ3) is 4.44. The van der Waals surface area contributed by atoms with Crippen LogP contribution in [0.25, 0.3) is 0 Å². The Kier molecular flexibility index (Phi) is 6.63. The smallest absolute Gasteiger partial charge is 0.336 e. The van der Waals surface area contributed by atoms with Gasteiger partial charge in [-0.1, -0.05) is 36.7 Å². The summed E-state index contributed by atoms with van der Waals surface area (Å²) in [6, 6.07) is 3.71. The van der Waals surface area contributed by atoms with Gasteiger partial charge < -0.3 is 19.5 Å². The molecule has 1 atom stereocenters. The number of hydrogen-bond donors (Lipinski definition) is 1. The van der Waals surface area contributed by atoms with Gasteiger partial charge in [0, 0.05) is 39.5 Å². The van der Waals surface area contributed by atoms with Crippen molar-refractivity contribution in [2.24, 2.45) is 5.41 Å². The molecule has 0 spiro atoms. The molecule has 6 nitrogen and oxygen atoms in total. The zero-order valence-corrected chi connectivity index (χ0v) is 21.2. The molecule has 32 heavy (non-hydrogen) atoms. The van der Waals surface area contributed by atoms with E-state index < -0.39 is 11.9 Å². The number of nitrogens with one attached hydrogen (secondary N) is 1. The standard InChI is InChI=1S/C24H28BrNO5S/c1-5-32-7-6-29-23(28)20-13(2)26-16-10-24(3,4)11-17(27)22(16)21(20)14-8-18-19(9-15(14)25)31-12-30-18/h8-9,21,26H,5-7,10-12H2,1-4H3/t21-/m1/s1. The van der Waals surface area contributed by atoms with Gasteiger partial charge in [-0.3, -0.25) is 4.79 Å². The fourth-order valence-electron chi connectivity index (χ4n) is 4.59. The molecule has 2 heterocycles. The van der Waals surface area contributed by atoms with Crippen LogP contribution >= 0.6 is 27.7 Å². The van der Waals surface area contributed by atoms with Crippen molar-refractivity contribution in [1.82, 2.24) is 5.32 Å². The molecule has 0 unspecified atom stereocenters. The lowest BCUT2D eigenvalue weighted by Crippen LogP contribution is -2.38. The average molecular weight is 522 g/mol. The van der Waals surface area contributed by atoms with Crippen LogP contribution in [0.5, 0.6) is 11.5 Å². The van der Waals surface area contributed by atoms with E-state index in [1.165, 1.54) is 0 Å². The first kappa shape index (κ1) is 23.2. The second-order valence-electron chi connectivity index (χ2n) is 8.99. The van der Waals surface area contributed by atoms with Gasteiger partial charge in [0.2, 0.25) is 6.79 Å². The van der Waals surface area contributed by atoms with E-state index in [1.54, 1.807) is 11.8 Å². The summed E-state index contributed by atoms with van der Waals surface area (Å²) >= 11 is 5.36. The highest BCUT2D eigenvalue weighted by atomic mass is 79.9. The molecular formula is C24H28BrNO5S. The summed E-state index contributed by atoms with van der Waals surface area (Å²) in [5.74, 6) is 2.07. The second-order valence-corrected chi connectivity index (χ2v) is 11.2. The van der Waals surface area contributed by atoms with Crippen molar-refractivity contribution in [3.8, 4) is 11.5 Å². The molecule has 0 saturated carbocycles. The van der Waals surface area contributed by atoms with Gasteiger partial charge in [-0.25, -0.2) is 4.79 Å². The van der Waals surface area contributed by atoms with Crippen LogP contribution in [-0.4, -0.2) is 36.7 Å². The minimum atomic E-state index is -0.537. The number of thioether (sulfide) groups is 1. The third-order valence-electron chi connectivity index (χ3n) is 5.93. The Bertz CT molecular complexity index is 1030. The third-order valence-corrected chi connectivity index (χ3v) is 7.48. The molecule has 1 aliphatic carbocycles. The number of carbonyl (C=O) groups excluding carboxylic acids is 2. The number of rotatable bonds is 6. The lowest BCUT2D eigenvalue weighted by molar-refractivity contribution is -0.138. The van der Waals surface area contributed by atoms with Gasteiger partial charge in [-0.15, -0.1) is 0 Å². The summed E-state index contributed by atoms with van der Waals surface area (Å²) < 4.78 is 17.5. The molecule has 0 saturated heterocycles. The summed E-state index contributed by atoms with van der Waals surface area (Å²) in [4.78, 5) is 26.7. The first-order valence-electron chi connectivity index (χ1n) is 10.8. The molecule has 4 rings (SSSR count). The quantitative estimate of drug-likeness (QED) is 0.413. The number of fused-ring (bicyclic) bond motifs is 1. The fourth-order valence-corrected chi connectivity index (χ4v) is 5.63. The van der Waals surface area contributed by atoms with Crippen molar-refractivity contribution >= 4 is 39.4 Å². The van der Waals surface area contributed by atoms with Crippen molar-refractivity contribution in [2.75, 3.05) is 24.9 Å². The molecule has 8 heteroatoms. The van der Waals surface area contributed by atoms with Crippen LogP contribution in [0.15, 0.2) is 39.1 Å². The van der Waals surface area contributed by atoms with Crippen molar-refractivity contribution in [1.29, 1.82) is 0 Å². The largest absolute Gasteiger partial charge is 0.461 e. The Balaban J connectivity index is 1.79. The van der Waals surface area contributed by atoms with E-state index in [4.69, 9.17) is 14.2 Å². The summed E-state index contributed by atoms with van der Waals surface area (Å²) in [7, 11) is 0. The van der Waals surface area contributed by atoms with E-state index in [9.17, 15) is 9.59 Å². The predicted octanol–water partition coefficient (Wildman–Crippen LogP) is 5.08. The van der Waals surface area contributed by atoms with E-state index in [-0.39, 0.29) is 18.0 Å². The first-order valence-corrected chi connectivity index (χ1v) is 12.7. The number of halogens is 1. The van der Waals surface area contributed by atoms with Crippen LogP contribution < -0.4 is 14.8 Å². The molecule has 0 fully saturated rings. The van der Waals surface area contributed by atoms with E-state index in [1.807, 2.05) is 19.1 Å². The number of allylic oxidation sites excluding steroid dienone is 3. The number of dihydropyridines is 1. The second kappa shape index (κ2) is 9.14. The Morgan fingerprint density at radius 3 is 2.72 bits per heavy atom. The molecular weight excluding hydrogens is 494 g/mol. The minimum Gasteiger partial charge on any atom is -0.461 e. The number of esters is 1. The van der Waals surface area contributed by atoms with Gasteiger partial charge in [0.1, 0.15) is 6.61 Å². The number of ketones is 1. The molecule has 0 amide bonds. The Morgan fingerprint density at radius 2 is 2.00 bits per heavy atom. The van der Waals surface area contributed by atoms with Crippen molar-refractivity contribution < 1.29 is 23.8 Å². The maximum Gasteiger partial charge on any atom is 0.336 e. The molecule has 1 aromatic rings. The normalized spacial score (nSPS) is 21.4. The highest BCUT2D eigenvalue weighted by molar-refractivity contribution is 9.10. The maximum absolute atomic E-state index is 13.4. The van der Waals surface area contributed by atoms with Gasteiger partial charge in [0.15, 0.2) is 17.3 Å². The van der Waals surface area contributed by atoms with Gasteiger partial charge >= 0.3 is 5.97 Å². The van der Waals surface area contributed by atoms with Crippen LogP contribution in [0, 0.1) is 5.41 Å². The van der Waals surface area contributed by atoms with Crippen LogP contribution in [0.3, 0.4) is 0 Å². The average Bonchev–Trinajstić information content (AvgIpc) is 3.15.